The average molecular weight is 264 g/mol. The maximum absolute atomic E-state index is 13.8. The van der Waals surface area contributed by atoms with Crippen LogP contribution in [0.2, 0.25) is 0 Å². The van der Waals surface area contributed by atoms with E-state index in [1.54, 1.807) is 17.0 Å². The molecule has 1 aliphatic rings. The van der Waals surface area contributed by atoms with Crippen molar-refractivity contribution in [1.82, 2.24) is 4.90 Å². The highest BCUT2D eigenvalue weighted by atomic mass is 19.1. The molecular weight excluding hydrogens is 243 g/mol. The smallest absolute Gasteiger partial charge is 0.222 e. The summed E-state index contributed by atoms with van der Waals surface area (Å²) >= 11 is 0. The van der Waals surface area contributed by atoms with Crippen LogP contribution in [0, 0.1) is 11.7 Å². The van der Waals surface area contributed by atoms with Crippen LogP contribution in [0.4, 0.5) is 10.1 Å². The maximum atomic E-state index is 13.8. The first kappa shape index (κ1) is 13.8. The molecule has 4 heteroatoms. The molecule has 1 aromatic rings. The summed E-state index contributed by atoms with van der Waals surface area (Å²) in [6.45, 7) is 3.23. The predicted molar refractivity (Wildman–Crippen MR) is 73.9 cm³/mol. The van der Waals surface area contributed by atoms with Crippen molar-refractivity contribution in [3.8, 4) is 0 Å². The van der Waals surface area contributed by atoms with Crippen molar-refractivity contribution in [2.75, 3.05) is 12.3 Å². The average Bonchev–Trinajstić information content (AvgIpc) is 2.56. The second kappa shape index (κ2) is 6.04. The second-order valence-corrected chi connectivity index (χ2v) is 5.27. The lowest BCUT2D eigenvalue weighted by Gasteiger charge is -2.21. The van der Waals surface area contributed by atoms with Crippen LogP contribution in [0.1, 0.15) is 38.2 Å². The van der Waals surface area contributed by atoms with Gasteiger partial charge in [0.1, 0.15) is 5.82 Å². The summed E-state index contributed by atoms with van der Waals surface area (Å²) in [5.74, 6) is 0.418. The van der Waals surface area contributed by atoms with E-state index in [2.05, 4.69) is 6.92 Å². The molecule has 1 aromatic carbocycles. The minimum Gasteiger partial charge on any atom is -0.399 e. The first-order chi connectivity index (χ1) is 9.10. The molecule has 1 atom stereocenters. The zero-order valence-corrected chi connectivity index (χ0v) is 11.4. The molecule has 2 N–H and O–H groups in total. The summed E-state index contributed by atoms with van der Waals surface area (Å²) in [4.78, 5) is 13.8. The number of halogens is 1. The summed E-state index contributed by atoms with van der Waals surface area (Å²) in [6.07, 6.45) is 3.65. The van der Waals surface area contributed by atoms with Crippen molar-refractivity contribution in [1.29, 1.82) is 0 Å². The van der Waals surface area contributed by atoms with Gasteiger partial charge in [-0.25, -0.2) is 4.39 Å². The number of nitrogens with two attached hydrogens (primary N) is 1. The fourth-order valence-electron chi connectivity index (χ4n) is 2.57. The standard InChI is InChI=1S/C15H21FN2O/c1-2-11-3-6-15(19)18(8-7-11)10-12-4-5-13(17)9-14(12)16/h4-5,9,11H,2-3,6-8,10,17H2,1H3. The largest absolute Gasteiger partial charge is 0.399 e. The lowest BCUT2D eigenvalue weighted by atomic mass is 9.98. The van der Waals surface area contributed by atoms with Gasteiger partial charge < -0.3 is 10.6 Å². The van der Waals surface area contributed by atoms with Gasteiger partial charge in [-0.15, -0.1) is 0 Å². The van der Waals surface area contributed by atoms with Gasteiger partial charge >= 0.3 is 0 Å². The normalized spacial score (nSPS) is 20.4. The third-order valence-corrected chi connectivity index (χ3v) is 3.94. The predicted octanol–water partition coefficient (Wildman–Crippen LogP) is 2.95. The molecule has 0 aromatic heterocycles. The van der Waals surface area contributed by atoms with E-state index in [-0.39, 0.29) is 11.7 Å². The molecule has 0 saturated carbocycles. The third-order valence-electron chi connectivity index (χ3n) is 3.94. The molecule has 1 aliphatic heterocycles. The summed E-state index contributed by atoms with van der Waals surface area (Å²) in [5.41, 5.74) is 6.48. The Morgan fingerprint density at radius 3 is 2.89 bits per heavy atom. The number of carbonyl (C=O) groups is 1. The highest BCUT2D eigenvalue weighted by Gasteiger charge is 2.22. The Bertz CT molecular complexity index is 461. The van der Waals surface area contributed by atoms with E-state index >= 15 is 0 Å². The molecule has 19 heavy (non-hydrogen) atoms. The van der Waals surface area contributed by atoms with E-state index in [0.29, 0.717) is 30.1 Å². The molecule has 0 spiro atoms. The van der Waals surface area contributed by atoms with Crippen LogP contribution in [0.15, 0.2) is 18.2 Å². The van der Waals surface area contributed by atoms with E-state index in [1.807, 2.05) is 0 Å². The Labute approximate surface area is 113 Å². The molecule has 0 bridgehead atoms. The molecule has 2 rings (SSSR count). The lowest BCUT2D eigenvalue weighted by molar-refractivity contribution is -0.131. The second-order valence-electron chi connectivity index (χ2n) is 5.27. The molecule has 1 unspecified atom stereocenters. The van der Waals surface area contributed by atoms with E-state index < -0.39 is 0 Å². The van der Waals surface area contributed by atoms with Crippen LogP contribution in [-0.2, 0) is 11.3 Å². The Hall–Kier alpha value is -1.58. The summed E-state index contributed by atoms with van der Waals surface area (Å²) in [7, 11) is 0. The van der Waals surface area contributed by atoms with Crippen LogP contribution in [0.5, 0.6) is 0 Å². The monoisotopic (exact) mass is 264 g/mol. The first-order valence-corrected chi connectivity index (χ1v) is 6.91. The summed E-state index contributed by atoms with van der Waals surface area (Å²) in [6, 6.07) is 4.65. The molecule has 104 valence electrons. The van der Waals surface area contributed by atoms with Crippen LogP contribution < -0.4 is 5.73 Å². The van der Waals surface area contributed by atoms with Crippen molar-refractivity contribution in [2.24, 2.45) is 5.92 Å². The maximum Gasteiger partial charge on any atom is 0.222 e. The lowest BCUT2D eigenvalue weighted by Crippen LogP contribution is -2.30. The van der Waals surface area contributed by atoms with Crippen molar-refractivity contribution in [2.45, 2.75) is 39.2 Å². The van der Waals surface area contributed by atoms with Crippen LogP contribution in [-0.4, -0.2) is 17.4 Å². The number of rotatable bonds is 3. The Kier molecular flexibility index (Phi) is 4.40. The molecule has 1 fully saturated rings. The Morgan fingerprint density at radius 1 is 1.42 bits per heavy atom. The molecule has 0 aliphatic carbocycles. The fraction of sp³-hybridized carbons (Fsp3) is 0.533. The number of amides is 1. The van der Waals surface area contributed by atoms with Gasteiger partial charge in [0.05, 0.1) is 0 Å². The van der Waals surface area contributed by atoms with E-state index in [0.717, 1.165) is 25.8 Å². The van der Waals surface area contributed by atoms with Gasteiger partial charge in [-0.05, 0) is 30.9 Å². The van der Waals surface area contributed by atoms with Gasteiger partial charge in [-0.3, -0.25) is 4.79 Å². The first-order valence-electron chi connectivity index (χ1n) is 6.91. The van der Waals surface area contributed by atoms with Gasteiger partial charge in [0.15, 0.2) is 0 Å². The SMILES string of the molecule is CCC1CCC(=O)N(Cc2ccc(N)cc2F)CC1. The number of benzene rings is 1. The number of likely N-dealkylation sites (tertiary alicyclic amines) is 1. The molecule has 1 saturated heterocycles. The Balaban J connectivity index is 2.07. The number of nitrogens with zero attached hydrogens (tertiary/aromatic N) is 1. The van der Waals surface area contributed by atoms with Gasteiger partial charge in [-0.2, -0.15) is 0 Å². The summed E-state index contributed by atoms with van der Waals surface area (Å²) in [5, 5.41) is 0. The minimum atomic E-state index is -0.330. The Morgan fingerprint density at radius 2 is 2.21 bits per heavy atom. The van der Waals surface area contributed by atoms with E-state index in [4.69, 9.17) is 5.73 Å². The number of hydrogen-bond donors (Lipinski definition) is 1. The van der Waals surface area contributed by atoms with Gasteiger partial charge in [-0.1, -0.05) is 19.4 Å². The van der Waals surface area contributed by atoms with Crippen molar-refractivity contribution in [3.63, 3.8) is 0 Å². The topological polar surface area (TPSA) is 46.3 Å². The van der Waals surface area contributed by atoms with Crippen molar-refractivity contribution < 1.29 is 9.18 Å². The highest BCUT2D eigenvalue weighted by molar-refractivity contribution is 5.76. The van der Waals surface area contributed by atoms with Crippen LogP contribution in [0.3, 0.4) is 0 Å². The number of carbonyl (C=O) groups excluding carboxylic acids is 1. The highest BCUT2D eigenvalue weighted by Crippen LogP contribution is 2.23. The van der Waals surface area contributed by atoms with E-state index in [1.165, 1.54) is 6.07 Å². The van der Waals surface area contributed by atoms with Gasteiger partial charge in [0.2, 0.25) is 5.91 Å². The molecule has 3 nitrogen and oxygen atoms in total. The molecule has 1 amide bonds. The number of nitrogen functional groups attached to an aromatic ring is 1. The van der Waals surface area contributed by atoms with E-state index in [9.17, 15) is 9.18 Å². The number of anilines is 1. The summed E-state index contributed by atoms with van der Waals surface area (Å²) < 4.78 is 13.8. The van der Waals surface area contributed by atoms with Crippen molar-refractivity contribution >= 4 is 11.6 Å². The third kappa shape index (κ3) is 3.46. The van der Waals surface area contributed by atoms with Crippen LogP contribution in [0.25, 0.3) is 0 Å². The number of hydrogen-bond acceptors (Lipinski definition) is 2. The fourth-order valence-corrected chi connectivity index (χ4v) is 2.57. The zero-order chi connectivity index (χ0) is 13.8. The quantitative estimate of drug-likeness (QED) is 0.853. The molecular formula is C15H21FN2O. The molecule has 0 radical (unpaired) electrons. The van der Waals surface area contributed by atoms with Gasteiger partial charge in [0.25, 0.3) is 0 Å². The van der Waals surface area contributed by atoms with Gasteiger partial charge in [0, 0.05) is 30.8 Å². The molecule has 1 heterocycles. The minimum absolute atomic E-state index is 0.132. The zero-order valence-electron chi connectivity index (χ0n) is 11.4. The van der Waals surface area contributed by atoms with Crippen LogP contribution >= 0.6 is 0 Å². The van der Waals surface area contributed by atoms with Crippen molar-refractivity contribution in [3.05, 3.63) is 29.6 Å².